The molecule has 0 aliphatic carbocycles. The lowest BCUT2D eigenvalue weighted by Gasteiger charge is -2.16. The number of carboxylic acid groups (broad SMARTS) is 1. The van der Waals surface area contributed by atoms with Crippen molar-refractivity contribution in [3.05, 3.63) is 0 Å². The van der Waals surface area contributed by atoms with E-state index in [1.807, 2.05) is 0 Å². The van der Waals surface area contributed by atoms with Crippen LogP contribution in [0.15, 0.2) is 0 Å². The molecule has 0 aromatic carbocycles. The zero-order chi connectivity index (χ0) is 16.4. The van der Waals surface area contributed by atoms with Crippen LogP contribution in [0.2, 0.25) is 0 Å². The molecule has 120 valence electrons. The van der Waals surface area contributed by atoms with Gasteiger partial charge in [0.05, 0.1) is 14.2 Å². The van der Waals surface area contributed by atoms with E-state index < -0.39 is 35.9 Å². The molecule has 9 nitrogen and oxygen atoms in total. The monoisotopic (exact) mass is 304 g/mol. The fourth-order valence-electron chi connectivity index (χ4n) is 1.48. The Labute approximate surface area is 121 Å². The van der Waals surface area contributed by atoms with Crippen LogP contribution in [-0.2, 0) is 28.7 Å². The van der Waals surface area contributed by atoms with Gasteiger partial charge in [-0.1, -0.05) is 0 Å². The Kier molecular flexibility index (Phi) is 8.70. The molecule has 0 spiro atoms. The van der Waals surface area contributed by atoms with E-state index in [1.165, 1.54) is 7.11 Å². The fraction of sp³-hybridized carbons (Fsp3) is 0.667. The number of nitrogens with one attached hydrogen (secondary N) is 1. The Hall–Kier alpha value is -2.16. The van der Waals surface area contributed by atoms with Gasteiger partial charge in [-0.05, 0) is 12.8 Å². The van der Waals surface area contributed by atoms with E-state index in [9.17, 15) is 19.2 Å². The Morgan fingerprint density at radius 3 is 2.10 bits per heavy atom. The number of esters is 2. The maximum absolute atomic E-state index is 11.7. The maximum Gasteiger partial charge on any atom is 0.328 e. The molecule has 0 rings (SSSR count). The summed E-state index contributed by atoms with van der Waals surface area (Å²) in [5, 5.41) is 10.9. The molecule has 21 heavy (non-hydrogen) atoms. The van der Waals surface area contributed by atoms with Gasteiger partial charge < -0.3 is 25.6 Å². The molecule has 0 aromatic heterocycles. The van der Waals surface area contributed by atoms with Crippen molar-refractivity contribution >= 4 is 23.8 Å². The molecule has 1 amide bonds. The summed E-state index contributed by atoms with van der Waals surface area (Å²) in [6, 6.07) is -1.98. The number of carboxylic acids is 1. The highest BCUT2D eigenvalue weighted by Gasteiger charge is 2.23. The van der Waals surface area contributed by atoms with E-state index in [2.05, 4.69) is 14.8 Å². The van der Waals surface area contributed by atoms with Crippen LogP contribution in [0.5, 0.6) is 0 Å². The van der Waals surface area contributed by atoms with E-state index in [0.717, 1.165) is 7.11 Å². The van der Waals surface area contributed by atoms with Crippen LogP contribution in [0.25, 0.3) is 0 Å². The number of amides is 1. The van der Waals surface area contributed by atoms with Gasteiger partial charge in [0.1, 0.15) is 12.1 Å². The molecule has 0 saturated heterocycles. The molecule has 0 saturated carbocycles. The normalized spacial score (nSPS) is 12.9. The molecule has 0 radical (unpaired) electrons. The van der Waals surface area contributed by atoms with Crippen LogP contribution in [0.4, 0.5) is 0 Å². The van der Waals surface area contributed by atoms with Crippen molar-refractivity contribution in [3.63, 3.8) is 0 Å². The molecule has 0 aliphatic rings. The Morgan fingerprint density at radius 1 is 1.05 bits per heavy atom. The molecule has 0 bridgehead atoms. The first-order valence-corrected chi connectivity index (χ1v) is 6.24. The number of ether oxygens (including phenoxy) is 2. The third-order valence-corrected chi connectivity index (χ3v) is 2.65. The molecule has 0 unspecified atom stereocenters. The van der Waals surface area contributed by atoms with Crippen molar-refractivity contribution in [2.75, 3.05) is 14.2 Å². The summed E-state index contributed by atoms with van der Waals surface area (Å²) < 4.78 is 8.89. The van der Waals surface area contributed by atoms with Gasteiger partial charge in [-0.25, -0.2) is 4.79 Å². The van der Waals surface area contributed by atoms with Crippen molar-refractivity contribution in [1.29, 1.82) is 0 Å². The summed E-state index contributed by atoms with van der Waals surface area (Å²) in [7, 11) is 2.32. The van der Waals surface area contributed by atoms with E-state index in [-0.39, 0.29) is 25.7 Å². The van der Waals surface area contributed by atoms with Gasteiger partial charge in [0, 0.05) is 12.8 Å². The molecular formula is C12H20N2O7. The second-order valence-corrected chi connectivity index (χ2v) is 4.24. The molecule has 0 aromatic rings. The van der Waals surface area contributed by atoms with Crippen LogP contribution in [0, 0.1) is 0 Å². The first-order valence-electron chi connectivity index (χ1n) is 6.24. The molecule has 0 heterocycles. The third-order valence-electron chi connectivity index (χ3n) is 2.65. The van der Waals surface area contributed by atoms with Crippen molar-refractivity contribution in [3.8, 4) is 0 Å². The van der Waals surface area contributed by atoms with Gasteiger partial charge in [-0.15, -0.1) is 0 Å². The topological polar surface area (TPSA) is 145 Å². The summed E-state index contributed by atoms with van der Waals surface area (Å²) in [6.07, 6.45) is -0.430. The summed E-state index contributed by atoms with van der Waals surface area (Å²) in [6.45, 7) is 0. The lowest BCUT2D eigenvalue weighted by molar-refractivity contribution is -0.146. The lowest BCUT2D eigenvalue weighted by Crippen LogP contribution is -2.42. The van der Waals surface area contributed by atoms with Gasteiger partial charge in [-0.2, -0.15) is 0 Å². The van der Waals surface area contributed by atoms with E-state index in [1.54, 1.807) is 0 Å². The summed E-state index contributed by atoms with van der Waals surface area (Å²) in [5.41, 5.74) is 5.47. The third kappa shape index (κ3) is 7.88. The highest BCUT2D eigenvalue weighted by Crippen LogP contribution is 2.03. The number of hydrogen-bond donors (Lipinski definition) is 3. The molecule has 4 N–H and O–H groups in total. The van der Waals surface area contributed by atoms with Crippen molar-refractivity contribution in [1.82, 2.24) is 5.32 Å². The molecule has 0 fully saturated rings. The van der Waals surface area contributed by atoms with Crippen molar-refractivity contribution in [2.24, 2.45) is 5.73 Å². The number of hydrogen-bond acceptors (Lipinski definition) is 7. The minimum Gasteiger partial charge on any atom is -0.481 e. The van der Waals surface area contributed by atoms with E-state index in [4.69, 9.17) is 10.8 Å². The maximum atomic E-state index is 11.7. The number of carbonyl (C=O) groups excluding carboxylic acids is 3. The second-order valence-electron chi connectivity index (χ2n) is 4.24. The van der Waals surface area contributed by atoms with Gasteiger partial charge >= 0.3 is 17.9 Å². The van der Waals surface area contributed by atoms with Gasteiger partial charge in [0.2, 0.25) is 5.91 Å². The molecule has 9 heteroatoms. The zero-order valence-electron chi connectivity index (χ0n) is 12.0. The number of aliphatic carboxylic acids is 1. The molecule has 2 atom stereocenters. The van der Waals surface area contributed by atoms with Crippen LogP contribution in [0.1, 0.15) is 25.7 Å². The Balaban J connectivity index is 4.36. The summed E-state index contributed by atoms with van der Waals surface area (Å²) in [5.74, 6) is -3.00. The molecule has 0 aliphatic heterocycles. The summed E-state index contributed by atoms with van der Waals surface area (Å²) >= 11 is 0. The lowest BCUT2D eigenvalue weighted by atomic mass is 10.1. The fourth-order valence-corrected chi connectivity index (χ4v) is 1.48. The largest absolute Gasteiger partial charge is 0.481 e. The number of rotatable bonds is 9. The average molecular weight is 304 g/mol. The number of nitrogens with two attached hydrogens (primary N) is 1. The van der Waals surface area contributed by atoms with Crippen LogP contribution in [0.3, 0.4) is 0 Å². The quantitative estimate of drug-likeness (QED) is 0.450. The van der Waals surface area contributed by atoms with E-state index >= 15 is 0 Å². The molecular weight excluding hydrogens is 284 g/mol. The predicted molar refractivity (Wildman–Crippen MR) is 70.0 cm³/mol. The van der Waals surface area contributed by atoms with Crippen LogP contribution in [-0.4, -0.2) is 55.2 Å². The van der Waals surface area contributed by atoms with Crippen molar-refractivity contribution in [2.45, 2.75) is 37.8 Å². The Morgan fingerprint density at radius 2 is 1.62 bits per heavy atom. The van der Waals surface area contributed by atoms with Crippen LogP contribution < -0.4 is 11.1 Å². The minimum absolute atomic E-state index is 0.0470. The highest BCUT2D eigenvalue weighted by atomic mass is 16.5. The minimum atomic E-state index is -1.09. The first kappa shape index (κ1) is 18.8. The smallest absolute Gasteiger partial charge is 0.328 e. The standard InChI is InChI=1S/C12H20N2O7/c1-20-11(18)7(13)3-5-9(15)14-8(12(19)21-2)4-6-10(16)17/h7-8H,3-6,13H2,1-2H3,(H,14,15)(H,16,17)/t7-,8-/m0/s1. The zero-order valence-corrected chi connectivity index (χ0v) is 12.0. The number of carbonyl (C=O) groups is 4. The predicted octanol–water partition coefficient (Wildman–Crippen LogP) is -1.21. The van der Waals surface area contributed by atoms with Crippen molar-refractivity contribution < 1.29 is 33.8 Å². The average Bonchev–Trinajstić information content (AvgIpc) is 2.46. The van der Waals surface area contributed by atoms with Gasteiger partial charge in [0.25, 0.3) is 0 Å². The second kappa shape index (κ2) is 9.70. The summed E-state index contributed by atoms with van der Waals surface area (Å²) in [4.78, 5) is 44.6. The van der Waals surface area contributed by atoms with Crippen LogP contribution >= 0.6 is 0 Å². The number of methoxy groups -OCH3 is 2. The van der Waals surface area contributed by atoms with E-state index in [0.29, 0.717) is 0 Å². The SMILES string of the molecule is COC(=O)[C@H](CCC(=O)O)NC(=O)CC[C@H](N)C(=O)OC. The van der Waals surface area contributed by atoms with Gasteiger partial charge in [-0.3, -0.25) is 14.4 Å². The first-order chi connectivity index (χ1) is 9.81. The highest BCUT2D eigenvalue weighted by molar-refractivity contribution is 5.85. The Bertz CT molecular complexity index is 397. The van der Waals surface area contributed by atoms with Gasteiger partial charge in [0.15, 0.2) is 0 Å².